The summed E-state index contributed by atoms with van der Waals surface area (Å²) in [5.41, 5.74) is 0. The third-order valence-electron chi connectivity index (χ3n) is 1.89. The average Bonchev–Trinajstić information content (AvgIpc) is 2.15. The third-order valence-corrected chi connectivity index (χ3v) is 2.40. The molecule has 1 N–H and O–H groups in total. The van der Waals surface area contributed by atoms with Crippen molar-refractivity contribution in [3.63, 3.8) is 0 Å². The van der Waals surface area contributed by atoms with Crippen LogP contribution in [0.4, 0.5) is 0 Å². The van der Waals surface area contributed by atoms with E-state index in [-0.39, 0.29) is 5.91 Å². The van der Waals surface area contributed by atoms with Gasteiger partial charge >= 0.3 is 0 Å². The minimum atomic E-state index is 0.120. The molecule has 0 aromatic carbocycles. The number of nitrogens with zero attached hydrogens (tertiary/aromatic N) is 1. The Morgan fingerprint density at radius 3 is 2.43 bits per heavy atom. The normalized spacial score (nSPS) is 10.2. The lowest BCUT2D eigenvalue weighted by molar-refractivity contribution is -0.128. The van der Waals surface area contributed by atoms with Crippen molar-refractivity contribution in [2.75, 3.05) is 37.7 Å². The first-order chi connectivity index (χ1) is 6.72. The van der Waals surface area contributed by atoms with Crippen LogP contribution in [0.5, 0.6) is 0 Å². The Morgan fingerprint density at radius 2 is 1.93 bits per heavy atom. The summed E-state index contributed by atoms with van der Waals surface area (Å²) in [5, 5.41) is 3.26. The van der Waals surface area contributed by atoms with Gasteiger partial charge in [-0.05, 0) is 18.7 Å². The Kier molecular flexibility index (Phi) is 9.77. The van der Waals surface area contributed by atoms with Crippen molar-refractivity contribution < 1.29 is 4.79 Å². The Labute approximate surface area is 97.4 Å². The molecule has 0 fully saturated rings. The molecule has 3 nitrogen and oxygen atoms in total. The van der Waals surface area contributed by atoms with Crippen LogP contribution in [0.3, 0.4) is 0 Å². The number of carbonyl (C=O) groups is 1. The van der Waals surface area contributed by atoms with Crippen LogP contribution in [0, 0.1) is 0 Å². The van der Waals surface area contributed by atoms with Crippen LogP contribution in [0.25, 0.3) is 0 Å². The fraction of sp³-hybridized carbons (Fsp3) is 0.889. The number of carbonyl (C=O) groups excluding carboxylic acids is 1. The first-order valence-electron chi connectivity index (χ1n) is 4.90. The fourth-order valence-electron chi connectivity index (χ4n) is 1.09. The van der Waals surface area contributed by atoms with Crippen molar-refractivity contribution in [2.45, 2.75) is 13.3 Å². The summed E-state index contributed by atoms with van der Waals surface area (Å²) in [6.45, 7) is 4.91. The summed E-state index contributed by atoms with van der Waals surface area (Å²) in [7, 11) is 0. The van der Waals surface area contributed by atoms with Crippen LogP contribution in [-0.2, 0) is 4.79 Å². The molecule has 0 spiro atoms. The summed E-state index contributed by atoms with van der Waals surface area (Å²) >= 11 is 8.22. The van der Waals surface area contributed by atoms with Crippen LogP contribution in [0.1, 0.15) is 13.3 Å². The van der Waals surface area contributed by atoms with E-state index in [0.29, 0.717) is 0 Å². The highest BCUT2D eigenvalue weighted by atomic mass is 32.1. The highest BCUT2D eigenvalue weighted by Gasteiger charge is 2.05. The maximum Gasteiger partial charge on any atom is 0.219 e. The maximum atomic E-state index is 11.1. The summed E-state index contributed by atoms with van der Waals surface area (Å²) < 4.78 is 0. The molecular weight excluding hydrogens is 216 g/mol. The molecule has 0 saturated carbocycles. The molecule has 1 amide bonds. The van der Waals surface area contributed by atoms with Gasteiger partial charge < -0.3 is 10.2 Å². The first kappa shape index (κ1) is 14.1. The van der Waals surface area contributed by atoms with E-state index in [1.54, 1.807) is 11.8 Å². The van der Waals surface area contributed by atoms with Crippen molar-refractivity contribution in [3.05, 3.63) is 0 Å². The lowest BCUT2D eigenvalue weighted by Crippen LogP contribution is -2.37. The van der Waals surface area contributed by atoms with Crippen LogP contribution < -0.4 is 5.32 Å². The van der Waals surface area contributed by atoms with Crippen molar-refractivity contribution in [2.24, 2.45) is 0 Å². The molecule has 0 radical (unpaired) electrons. The largest absolute Gasteiger partial charge is 0.341 e. The Balaban J connectivity index is 3.46. The zero-order chi connectivity index (χ0) is 10.8. The van der Waals surface area contributed by atoms with E-state index in [1.807, 2.05) is 0 Å². The molecule has 0 saturated heterocycles. The van der Waals surface area contributed by atoms with Crippen molar-refractivity contribution in [1.29, 1.82) is 0 Å². The lowest BCUT2D eigenvalue weighted by atomic mass is 10.4. The molecule has 84 valence electrons. The SMILES string of the molecule is CC(=O)N(CCS)CCNCCCS. The van der Waals surface area contributed by atoms with Gasteiger partial charge in [-0.25, -0.2) is 0 Å². The zero-order valence-corrected chi connectivity index (χ0v) is 10.5. The Bertz CT molecular complexity index is 156. The smallest absolute Gasteiger partial charge is 0.219 e. The summed E-state index contributed by atoms with van der Waals surface area (Å²) in [6.07, 6.45) is 1.07. The van der Waals surface area contributed by atoms with Crippen LogP contribution >= 0.6 is 25.3 Å². The Morgan fingerprint density at radius 1 is 1.21 bits per heavy atom. The number of hydrogen-bond donors (Lipinski definition) is 3. The van der Waals surface area contributed by atoms with Gasteiger partial charge in [-0.15, -0.1) is 0 Å². The molecule has 0 atom stereocenters. The van der Waals surface area contributed by atoms with E-state index in [1.165, 1.54) is 0 Å². The van der Waals surface area contributed by atoms with Gasteiger partial charge in [0.15, 0.2) is 0 Å². The number of amides is 1. The van der Waals surface area contributed by atoms with Gasteiger partial charge in [0.25, 0.3) is 0 Å². The number of rotatable bonds is 8. The zero-order valence-electron chi connectivity index (χ0n) is 8.70. The molecule has 0 aliphatic rings. The molecule has 0 unspecified atom stereocenters. The molecule has 0 aliphatic heterocycles. The van der Waals surface area contributed by atoms with E-state index in [4.69, 9.17) is 0 Å². The molecule has 0 aliphatic carbocycles. The average molecular weight is 236 g/mol. The summed E-state index contributed by atoms with van der Waals surface area (Å²) in [5.74, 6) is 1.74. The molecule has 5 heteroatoms. The quantitative estimate of drug-likeness (QED) is 0.428. The minimum absolute atomic E-state index is 0.120. The van der Waals surface area contributed by atoms with Gasteiger partial charge in [0.05, 0.1) is 0 Å². The van der Waals surface area contributed by atoms with Gasteiger partial charge in [0.1, 0.15) is 0 Å². The predicted molar refractivity (Wildman–Crippen MR) is 67.4 cm³/mol. The second-order valence-corrected chi connectivity index (χ2v) is 3.95. The summed E-state index contributed by atoms with van der Waals surface area (Å²) in [4.78, 5) is 12.9. The lowest BCUT2D eigenvalue weighted by Gasteiger charge is -2.20. The minimum Gasteiger partial charge on any atom is -0.341 e. The topological polar surface area (TPSA) is 32.3 Å². The van der Waals surface area contributed by atoms with Gasteiger partial charge in [-0.1, -0.05) is 0 Å². The molecule has 0 heterocycles. The van der Waals surface area contributed by atoms with Crippen molar-refractivity contribution in [3.8, 4) is 0 Å². The van der Waals surface area contributed by atoms with Crippen molar-refractivity contribution >= 4 is 31.2 Å². The van der Waals surface area contributed by atoms with E-state index in [0.717, 1.165) is 44.1 Å². The fourth-order valence-corrected chi connectivity index (χ4v) is 1.49. The molecular formula is C9H20N2OS2. The van der Waals surface area contributed by atoms with Crippen LogP contribution in [0.15, 0.2) is 0 Å². The first-order valence-corrected chi connectivity index (χ1v) is 6.16. The van der Waals surface area contributed by atoms with Gasteiger partial charge in [0.2, 0.25) is 5.91 Å². The second-order valence-electron chi connectivity index (χ2n) is 3.06. The van der Waals surface area contributed by atoms with Crippen molar-refractivity contribution in [1.82, 2.24) is 10.2 Å². The molecule has 0 bridgehead atoms. The third kappa shape index (κ3) is 7.53. The monoisotopic (exact) mass is 236 g/mol. The van der Waals surface area contributed by atoms with E-state index in [2.05, 4.69) is 30.6 Å². The van der Waals surface area contributed by atoms with E-state index < -0.39 is 0 Å². The predicted octanol–water partition coefficient (Wildman–Crippen LogP) is 0.674. The molecule has 0 aromatic rings. The Hall–Kier alpha value is 0.130. The standard InChI is InChI=1S/C9H20N2OS2/c1-9(12)11(6-8-14)5-4-10-3-2-7-13/h10,13-14H,2-8H2,1H3. The number of hydrogen-bond acceptors (Lipinski definition) is 4. The maximum absolute atomic E-state index is 11.1. The number of thiol groups is 2. The van der Waals surface area contributed by atoms with Gasteiger partial charge in [0, 0.05) is 32.3 Å². The van der Waals surface area contributed by atoms with Crippen LogP contribution in [0.2, 0.25) is 0 Å². The van der Waals surface area contributed by atoms with E-state index in [9.17, 15) is 4.79 Å². The van der Waals surface area contributed by atoms with Crippen LogP contribution in [-0.4, -0.2) is 48.5 Å². The van der Waals surface area contributed by atoms with E-state index >= 15 is 0 Å². The van der Waals surface area contributed by atoms with Gasteiger partial charge in [-0.2, -0.15) is 25.3 Å². The molecule has 14 heavy (non-hydrogen) atoms. The molecule has 0 rings (SSSR count). The highest BCUT2D eigenvalue weighted by Crippen LogP contribution is 1.90. The van der Waals surface area contributed by atoms with Gasteiger partial charge in [-0.3, -0.25) is 4.79 Å². The summed E-state index contributed by atoms with van der Waals surface area (Å²) in [6, 6.07) is 0. The second kappa shape index (κ2) is 9.68. The highest BCUT2D eigenvalue weighted by molar-refractivity contribution is 7.80. The molecule has 0 aromatic heterocycles. The number of nitrogens with one attached hydrogen (secondary N) is 1.